The van der Waals surface area contributed by atoms with Crippen molar-refractivity contribution in [3.8, 4) is 0 Å². The number of esters is 1. The minimum atomic E-state index is -0.354. The summed E-state index contributed by atoms with van der Waals surface area (Å²) in [5.41, 5.74) is 2.74. The number of carbonyl (C=O) groups is 2. The molecule has 2 heterocycles. The second-order valence-corrected chi connectivity index (χ2v) is 9.36. The number of piperazine rings is 1. The number of hydrogen-bond acceptors (Lipinski definition) is 7. The first-order chi connectivity index (χ1) is 16.9. The molecule has 0 atom stereocenters. The Morgan fingerprint density at radius 1 is 1.03 bits per heavy atom. The number of methoxy groups -OCH3 is 1. The molecule has 4 rings (SSSR count). The van der Waals surface area contributed by atoms with Crippen LogP contribution in [0, 0.1) is 5.92 Å². The number of para-hydroxylation sites is 1. The van der Waals surface area contributed by atoms with Crippen LogP contribution in [-0.2, 0) is 16.1 Å². The van der Waals surface area contributed by atoms with Gasteiger partial charge < -0.3 is 9.64 Å². The van der Waals surface area contributed by atoms with Gasteiger partial charge in [0.2, 0.25) is 0 Å². The van der Waals surface area contributed by atoms with Crippen LogP contribution in [0.25, 0.3) is 17.0 Å². The summed E-state index contributed by atoms with van der Waals surface area (Å²) in [7, 11) is 1.39. The molecule has 0 radical (unpaired) electrons. The summed E-state index contributed by atoms with van der Waals surface area (Å²) < 4.78 is 4.98. The Balaban J connectivity index is 1.53. The fourth-order valence-corrected chi connectivity index (χ4v) is 4.45. The van der Waals surface area contributed by atoms with Gasteiger partial charge in [-0.15, -0.1) is 12.6 Å². The van der Waals surface area contributed by atoms with E-state index in [2.05, 4.69) is 17.5 Å². The van der Waals surface area contributed by atoms with Crippen LogP contribution in [-0.4, -0.2) is 64.9 Å². The molecule has 1 saturated heterocycles. The number of benzene rings is 2. The van der Waals surface area contributed by atoms with Gasteiger partial charge in [0, 0.05) is 42.0 Å². The second kappa shape index (κ2) is 11.0. The molecule has 0 unspecified atom stereocenters. The number of rotatable bonds is 6. The number of aromatic nitrogens is 2. The van der Waals surface area contributed by atoms with Gasteiger partial charge in [-0.25, -0.2) is 14.8 Å². The minimum absolute atomic E-state index is 0.00683. The largest absolute Gasteiger partial charge is 0.466 e. The third-order valence-corrected chi connectivity index (χ3v) is 6.56. The van der Waals surface area contributed by atoms with E-state index in [4.69, 9.17) is 14.7 Å². The highest BCUT2D eigenvalue weighted by molar-refractivity contribution is 7.80. The smallest absolute Gasteiger partial charge is 0.334 e. The zero-order valence-electron chi connectivity index (χ0n) is 20.3. The van der Waals surface area contributed by atoms with Crippen molar-refractivity contribution in [2.45, 2.75) is 25.3 Å². The van der Waals surface area contributed by atoms with Crippen molar-refractivity contribution in [2.24, 2.45) is 5.92 Å². The molecule has 0 spiro atoms. The Morgan fingerprint density at radius 2 is 1.71 bits per heavy atom. The lowest BCUT2D eigenvalue weighted by molar-refractivity contribution is -0.136. The number of ether oxygens (including phenoxy) is 1. The maximum atomic E-state index is 12.9. The molecule has 0 N–H and O–H groups in total. The predicted molar refractivity (Wildman–Crippen MR) is 139 cm³/mol. The van der Waals surface area contributed by atoms with E-state index in [1.165, 1.54) is 7.11 Å². The molecule has 0 saturated carbocycles. The molecule has 1 fully saturated rings. The van der Waals surface area contributed by atoms with Gasteiger partial charge in [-0.2, -0.15) is 0 Å². The topological polar surface area (TPSA) is 75.6 Å². The van der Waals surface area contributed by atoms with Gasteiger partial charge in [0.25, 0.3) is 5.91 Å². The zero-order valence-corrected chi connectivity index (χ0v) is 21.2. The third kappa shape index (κ3) is 5.71. The first-order valence-corrected chi connectivity index (χ1v) is 12.2. The molecule has 1 aliphatic rings. The zero-order chi connectivity index (χ0) is 24.9. The average Bonchev–Trinajstić information content (AvgIpc) is 2.87. The molecule has 1 amide bonds. The van der Waals surface area contributed by atoms with Crippen LogP contribution in [0.3, 0.4) is 0 Å². The number of nitrogens with zero attached hydrogens (tertiary/aromatic N) is 4. The van der Waals surface area contributed by atoms with Crippen LogP contribution in [0.1, 0.15) is 35.7 Å². The van der Waals surface area contributed by atoms with Crippen molar-refractivity contribution in [1.82, 2.24) is 19.8 Å². The van der Waals surface area contributed by atoms with E-state index in [-0.39, 0.29) is 17.8 Å². The van der Waals surface area contributed by atoms with E-state index >= 15 is 0 Å². The number of hydrogen-bond donors (Lipinski definition) is 1. The van der Waals surface area contributed by atoms with Crippen LogP contribution in [0.4, 0.5) is 0 Å². The number of fused-ring (bicyclic) bond motifs is 1. The highest BCUT2D eigenvalue weighted by atomic mass is 32.1. The average molecular weight is 491 g/mol. The predicted octanol–water partition coefficient (Wildman–Crippen LogP) is 4.09. The molecule has 35 heavy (non-hydrogen) atoms. The molecular weight excluding hydrogens is 460 g/mol. The van der Waals surface area contributed by atoms with Crippen LogP contribution in [0.5, 0.6) is 0 Å². The summed E-state index contributed by atoms with van der Waals surface area (Å²) in [6, 6.07) is 15.2. The summed E-state index contributed by atoms with van der Waals surface area (Å²) in [5.74, 6) is 0.331. The minimum Gasteiger partial charge on any atom is -0.466 e. The summed E-state index contributed by atoms with van der Waals surface area (Å²) in [4.78, 5) is 39.6. The summed E-state index contributed by atoms with van der Waals surface area (Å²) in [6.45, 7) is 7.18. The van der Waals surface area contributed by atoms with Crippen molar-refractivity contribution in [1.29, 1.82) is 0 Å². The van der Waals surface area contributed by atoms with Gasteiger partial charge in [0.15, 0.2) is 0 Å². The third-order valence-electron chi connectivity index (χ3n) is 6.17. The standard InChI is InChI=1S/C27H30N4O3S/c1-18(2)21(27(33)34-3)16-23-19-8-4-6-10-22(19)28-25(29-23)17-30-12-14-31(15-13-30)26(32)20-9-5-7-11-24(20)35/h4-11,16,18,35H,12-15,17H2,1-3H3/b21-16-. The Labute approximate surface area is 211 Å². The molecule has 7 nitrogen and oxygen atoms in total. The van der Waals surface area contributed by atoms with E-state index in [9.17, 15) is 9.59 Å². The Morgan fingerprint density at radius 3 is 2.40 bits per heavy atom. The molecule has 3 aromatic rings. The highest BCUT2D eigenvalue weighted by Gasteiger charge is 2.24. The van der Waals surface area contributed by atoms with E-state index in [1.54, 1.807) is 0 Å². The molecule has 1 aliphatic heterocycles. The first-order valence-electron chi connectivity index (χ1n) is 11.7. The van der Waals surface area contributed by atoms with Crippen molar-refractivity contribution in [3.05, 3.63) is 71.2 Å². The van der Waals surface area contributed by atoms with Gasteiger partial charge in [-0.1, -0.05) is 44.2 Å². The van der Waals surface area contributed by atoms with E-state index in [0.717, 1.165) is 24.0 Å². The lowest BCUT2D eigenvalue weighted by atomic mass is 10.0. The fourth-order valence-electron chi connectivity index (χ4n) is 4.19. The SMILES string of the molecule is COC(=O)/C(=C\c1nc(CN2CCN(C(=O)c3ccccc3S)CC2)nc2ccccc12)C(C)C. The Kier molecular flexibility index (Phi) is 7.83. The summed E-state index contributed by atoms with van der Waals surface area (Å²) in [5, 5.41) is 0.888. The van der Waals surface area contributed by atoms with E-state index in [1.807, 2.05) is 73.4 Å². The second-order valence-electron chi connectivity index (χ2n) is 8.87. The van der Waals surface area contributed by atoms with E-state index in [0.29, 0.717) is 47.2 Å². The van der Waals surface area contributed by atoms with Crippen molar-refractivity contribution < 1.29 is 14.3 Å². The van der Waals surface area contributed by atoms with Crippen molar-refractivity contribution in [2.75, 3.05) is 33.3 Å². The van der Waals surface area contributed by atoms with Gasteiger partial charge in [0.05, 0.1) is 30.4 Å². The van der Waals surface area contributed by atoms with Crippen LogP contribution >= 0.6 is 12.6 Å². The van der Waals surface area contributed by atoms with Gasteiger partial charge >= 0.3 is 5.97 Å². The normalized spacial score (nSPS) is 15.0. The van der Waals surface area contributed by atoms with E-state index < -0.39 is 0 Å². The number of thiol groups is 1. The maximum absolute atomic E-state index is 12.9. The van der Waals surface area contributed by atoms with Crippen LogP contribution in [0.2, 0.25) is 0 Å². The molecule has 1 aromatic heterocycles. The van der Waals surface area contributed by atoms with Gasteiger partial charge in [-0.05, 0) is 30.2 Å². The van der Waals surface area contributed by atoms with Crippen molar-refractivity contribution in [3.63, 3.8) is 0 Å². The molecular formula is C27H30N4O3S. The molecule has 2 aromatic carbocycles. The monoisotopic (exact) mass is 490 g/mol. The van der Waals surface area contributed by atoms with Gasteiger partial charge in [0.1, 0.15) is 5.82 Å². The lowest BCUT2D eigenvalue weighted by Crippen LogP contribution is -2.48. The Hall–Kier alpha value is -3.23. The number of carbonyl (C=O) groups excluding carboxylic acids is 2. The quantitative estimate of drug-likeness (QED) is 0.319. The molecule has 0 aliphatic carbocycles. The summed E-state index contributed by atoms with van der Waals surface area (Å²) >= 11 is 4.43. The molecule has 0 bridgehead atoms. The molecule has 182 valence electrons. The van der Waals surface area contributed by atoms with Crippen LogP contribution in [0.15, 0.2) is 59.0 Å². The van der Waals surface area contributed by atoms with Crippen molar-refractivity contribution >= 4 is 41.5 Å². The Bertz CT molecular complexity index is 1270. The lowest BCUT2D eigenvalue weighted by Gasteiger charge is -2.34. The van der Waals surface area contributed by atoms with Gasteiger partial charge in [-0.3, -0.25) is 9.69 Å². The summed E-state index contributed by atoms with van der Waals surface area (Å²) in [6.07, 6.45) is 1.82. The maximum Gasteiger partial charge on any atom is 0.334 e. The number of amides is 1. The molecule has 8 heteroatoms. The fraction of sp³-hybridized carbons (Fsp3) is 0.333. The highest BCUT2D eigenvalue weighted by Crippen LogP contribution is 2.23. The van der Waals surface area contributed by atoms with Crippen LogP contribution < -0.4 is 0 Å². The first kappa shape index (κ1) is 24.9.